The third kappa shape index (κ3) is 6.11. The molecule has 0 aliphatic rings. The molecule has 0 spiro atoms. The highest BCUT2D eigenvalue weighted by molar-refractivity contribution is 5.47. The van der Waals surface area contributed by atoms with Crippen LogP contribution in [0.1, 0.15) is 53.0 Å². The molecular weight excluding hydrogens is 232 g/mol. The Kier molecular flexibility index (Phi) is 6.36. The van der Waals surface area contributed by atoms with Gasteiger partial charge in [-0.1, -0.05) is 26.0 Å². The molecule has 0 aliphatic carbocycles. The molecule has 0 amide bonds. The van der Waals surface area contributed by atoms with E-state index in [0.29, 0.717) is 0 Å². The highest BCUT2D eigenvalue weighted by atomic mass is 15.1. The van der Waals surface area contributed by atoms with Gasteiger partial charge in [0.25, 0.3) is 0 Å². The molecule has 0 radical (unpaired) electrons. The number of benzene rings is 1. The average molecular weight is 262 g/mol. The molecule has 0 heterocycles. The van der Waals surface area contributed by atoms with Crippen molar-refractivity contribution in [3.05, 3.63) is 29.8 Å². The Labute approximate surface area is 119 Å². The smallest absolute Gasteiger partial charge is 0.0366 e. The van der Waals surface area contributed by atoms with Crippen LogP contribution in [-0.2, 0) is 6.54 Å². The first-order chi connectivity index (χ1) is 8.96. The summed E-state index contributed by atoms with van der Waals surface area (Å²) in [7, 11) is 0. The second-order valence-electron chi connectivity index (χ2n) is 6.26. The molecule has 19 heavy (non-hydrogen) atoms. The van der Waals surface area contributed by atoms with Crippen LogP contribution in [0.15, 0.2) is 24.3 Å². The van der Waals surface area contributed by atoms with Crippen molar-refractivity contribution in [2.75, 3.05) is 18.0 Å². The highest BCUT2D eigenvalue weighted by Gasteiger charge is 2.09. The quantitative estimate of drug-likeness (QED) is 0.792. The van der Waals surface area contributed by atoms with E-state index in [-0.39, 0.29) is 5.54 Å². The zero-order valence-electron chi connectivity index (χ0n) is 13.3. The maximum absolute atomic E-state index is 3.52. The van der Waals surface area contributed by atoms with Crippen molar-refractivity contribution < 1.29 is 0 Å². The van der Waals surface area contributed by atoms with Crippen LogP contribution < -0.4 is 10.2 Å². The van der Waals surface area contributed by atoms with Crippen molar-refractivity contribution in [2.45, 2.75) is 59.5 Å². The van der Waals surface area contributed by atoms with Crippen molar-refractivity contribution in [1.29, 1.82) is 0 Å². The second-order valence-corrected chi connectivity index (χ2v) is 6.26. The van der Waals surface area contributed by atoms with Crippen molar-refractivity contribution in [1.82, 2.24) is 5.32 Å². The standard InChI is InChI=1S/C17H30N2/c1-6-12-19(13-7-2)16-10-8-15(9-11-16)14-18-17(3,4)5/h8-11,18H,6-7,12-14H2,1-5H3. The fraction of sp³-hybridized carbons (Fsp3) is 0.647. The summed E-state index contributed by atoms with van der Waals surface area (Å²) in [5.74, 6) is 0. The molecule has 0 saturated carbocycles. The molecule has 1 N–H and O–H groups in total. The maximum Gasteiger partial charge on any atom is 0.0366 e. The normalized spacial score (nSPS) is 11.6. The van der Waals surface area contributed by atoms with Gasteiger partial charge in [0.15, 0.2) is 0 Å². The fourth-order valence-electron chi connectivity index (χ4n) is 2.10. The molecule has 1 aromatic rings. The van der Waals surface area contributed by atoms with Crippen molar-refractivity contribution in [3.63, 3.8) is 0 Å². The maximum atomic E-state index is 3.52. The van der Waals surface area contributed by atoms with E-state index >= 15 is 0 Å². The number of anilines is 1. The molecule has 1 aromatic carbocycles. The molecule has 2 nitrogen and oxygen atoms in total. The van der Waals surface area contributed by atoms with Crippen LogP contribution in [-0.4, -0.2) is 18.6 Å². The van der Waals surface area contributed by atoms with Gasteiger partial charge in [-0.05, 0) is 51.3 Å². The van der Waals surface area contributed by atoms with Crippen LogP contribution in [0.5, 0.6) is 0 Å². The van der Waals surface area contributed by atoms with Crippen LogP contribution in [0.3, 0.4) is 0 Å². The first-order valence-electron chi connectivity index (χ1n) is 7.55. The SMILES string of the molecule is CCCN(CCC)c1ccc(CNC(C)(C)C)cc1. The lowest BCUT2D eigenvalue weighted by Crippen LogP contribution is -2.35. The van der Waals surface area contributed by atoms with Gasteiger partial charge < -0.3 is 10.2 Å². The van der Waals surface area contributed by atoms with Gasteiger partial charge in [0, 0.05) is 30.9 Å². The predicted octanol–water partition coefficient (Wildman–Crippen LogP) is 4.20. The Bertz CT molecular complexity index is 343. The lowest BCUT2D eigenvalue weighted by molar-refractivity contribution is 0.424. The van der Waals surface area contributed by atoms with Gasteiger partial charge in [-0.2, -0.15) is 0 Å². The summed E-state index contributed by atoms with van der Waals surface area (Å²) in [6, 6.07) is 8.99. The summed E-state index contributed by atoms with van der Waals surface area (Å²) < 4.78 is 0. The molecule has 108 valence electrons. The van der Waals surface area contributed by atoms with E-state index in [4.69, 9.17) is 0 Å². The zero-order chi connectivity index (χ0) is 14.3. The number of nitrogens with one attached hydrogen (secondary N) is 1. The summed E-state index contributed by atoms with van der Waals surface area (Å²) in [5.41, 5.74) is 2.88. The second kappa shape index (κ2) is 7.54. The van der Waals surface area contributed by atoms with E-state index in [0.717, 1.165) is 19.6 Å². The minimum absolute atomic E-state index is 0.176. The van der Waals surface area contributed by atoms with Gasteiger partial charge >= 0.3 is 0 Å². The molecule has 0 aromatic heterocycles. The van der Waals surface area contributed by atoms with E-state index in [9.17, 15) is 0 Å². The largest absolute Gasteiger partial charge is 0.372 e. The Morgan fingerprint density at radius 1 is 0.947 bits per heavy atom. The Balaban J connectivity index is 2.63. The topological polar surface area (TPSA) is 15.3 Å². The van der Waals surface area contributed by atoms with Gasteiger partial charge in [-0.3, -0.25) is 0 Å². The third-order valence-electron chi connectivity index (χ3n) is 3.11. The minimum atomic E-state index is 0.176. The Hall–Kier alpha value is -1.02. The van der Waals surface area contributed by atoms with E-state index < -0.39 is 0 Å². The molecule has 0 saturated heterocycles. The number of rotatable bonds is 7. The van der Waals surface area contributed by atoms with Crippen molar-refractivity contribution in [3.8, 4) is 0 Å². The molecule has 0 bridgehead atoms. The lowest BCUT2D eigenvalue weighted by Gasteiger charge is -2.24. The monoisotopic (exact) mass is 262 g/mol. The summed E-state index contributed by atoms with van der Waals surface area (Å²) in [4.78, 5) is 2.47. The molecule has 0 atom stereocenters. The lowest BCUT2D eigenvalue weighted by atomic mass is 10.1. The molecular formula is C17H30N2. The van der Waals surface area contributed by atoms with Crippen LogP contribution in [0.2, 0.25) is 0 Å². The summed E-state index contributed by atoms with van der Waals surface area (Å²) in [5, 5.41) is 3.52. The van der Waals surface area contributed by atoms with Crippen molar-refractivity contribution >= 4 is 5.69 Å². The van der Waals surface area contributed by atoms with E-state index in [1.54, 1.807) is 0 Å². The first kappa shape index (κ1) is 16.0. The molecule has 1 rings (SSSR count). The number of hydrogen-bond acceptors (Lipinski definition) is 2. The van der Waals surface area contributed by atoms with E-state index in [1.165, 1.54) is 24.1 Å². The number of nitrogens with zero attached hydrogens (tertiary/aromatic N) is 1. The van der Waals surface area contributed by atoms with Crippen LogP contribution in [0.25, 0.3) is 0 Å². The summed E-state index contributed by atoms with van der Waals surface area (Å²) in [6.45, 7) is 14.3. The molecule has 0 fully saturated rings. The van der Waals surface area contributed by atoms with Crippen molar-refractivity contribution in [2.24, 2.45) is 0 Å². The number of hydrogen-bond donors (Lipinski definition) is 1. The predicted molar refractivity (Wildman–Crippen MR) is 85.8 cm³/mol. The first-order valence-corrected chi connectivity index (χ1v) is 7.55. The molecule has 2 heteroatoms. The third-order valence-corrected chi connectivity index (χ3v) is 3.11. The summed E-state index contributed by atoms with van der Waals surface area (Å²) >= 11 is 0. The van der Waals surface area contributed by atoms with Gasteiger partial charge in [0.2, 0.25) is 0 Å². The van der Waals surface area contributed by atoms with Gasteiger partial charge in [0.1, 0.15) is 0 Å². The fourth-order valence-corrected chi connectivity index (χ4v) is 2.10. The molecule has 0 unspecified atom stereocenters. The van der Waals surface area contributed by atoms with E-state index in [1.807, 2.05) is 0 Å². The zero-order valence-corrected chi connectivity index (χ0v) is 13.3. The Morgan fingerprint density at radius 2 is 1.47 bits per heavy atom. The minimum Gasteiger partial charge on any atom is -0.372 e. The van der Waals surface area contributed by atoms with Crippen LogP contribution in [0.4, 0.5) is 5.69 Å². The van der Waals surface area contributed by atoms with Gasteiger partial charge in [-0.25, -0.2) is 0 Å². The average Bonchev–Trinajstić information content (AvgIpc) is 2.36. The van der Waals surface area contributed by atoms with Crippen LogP contribution >= 0.6 is 0 Å². The summed E-state index contributed by atoms with van der Waals surface area (Å²) in [6.07, 6.45) is 2.40. The van der Waals surface area contributed by atoms with Gasteiger partial charge in [0.05, 0.1) is 0 Å². The molecule has 0 aliphatic heterocycles. The van der Waals surface area contributed by atoms with Crippen LogP contribution in [0, 0.1) is 0 Å². The van der Waals surface area contributed by atoms with E-state index in [2.05, 4.69) is 69.1 Å². The van der Waals surface area contributed by atoms with Gasteiger partial charge in [-0.15, -0.1) is 0 Å². The highest BCUT2D eigenvalue weighted by Crippen LogP contribution is 2.16. The Morgan fingerprint density at radius 3 is 1.89 bits per heavy atom.